The maximum Gasteiger partial charge on any atom is 0.129 e. The third-order valence-corrected chi connectivity index (χ3v) is 11.5. The van der Waals surface area contributed by atoms with Crippen LogP contribution in [-0.2, 0) is 27.8 Å². The molecule has 1 radical (unpaired) electrons. The summed E-state index contributed by atoms with van der Waals surface area (Å²) in [4.78, 5) is 6.85. The van der Waals surface area contributed by atoms with Crippen LogP contribution in [0.4, 0.5) is 11.4 Å². The van der Waals surface area contributed by atoms with Crippen LogP contribution >= 0.6 is 0 Å². The molecule has 6 heteroatoms. The van der Waals surface area contributed by atoms with Crippen LogP contribution in [0, 0.1) is 6.67 Å². The summed E-state index contributed by atoms with van der Waals surface area (Å²) in [5.74, 6) is 1.64. The number of hydrogen-bond acceptors (Lipinski definition) is 3. The molecule has 7 aromatic carbocycles. The van der Waals surface area contributed by atoms with Crippen LogP contribution in [0.25, 0.3) is 49.3 Å². The Kier molecular flexibility index (Phi) is 11.4. The smallest absolute Gasteiger partial charge is 0.129 e. The third-order valence-electron chi connectivity index (χ3n) is 11.5. The van der Waals surface area contributed by atoms with Gasteiger partial charge in [0.15, 0.2) is 0 Å². The van der Waals surface area contributed by atoms with E-state index in [4.69, 9.17) is 5.10 Å². The largest absolute Gasteiger partial charge is 0.657 e. The van der Waals surface area contributed by atoms with E-state index in [1.54, 1.807) is 0 Å². The van der Waals surface area contributed by atoms with Crippen LogP contribution in [0.3, 0.4) is 0 Å². The number of nitrogens with zero attached hydrogens (tertiary/aromatic N) is 5. The first kappa shape index (κ1) is 40.9. The van der Waals surface area contributed by atoms with E-state index in [0.717, 1.165) is 33.8 Å². The number of benzene rings is 7. The minimum atomic E-state index is -0.0681. The van der Waals surface area contributed by atoms with E-state index in [9.17, 15) is 0 Å². The summed E-state index contributed by atoms with van der Waals surface area (Å²) >= 11 is 0. The van der Waals surface area contributed by atoms with Gasteiger partial charge in [0.25, 0.3) is 0 Å². The zero-order valence-electron chi connectivity index (χ0n) is 35.4. The van der Waals surface area contributed by atoms with Crippen LogP contribution in [0.2, 0.25) is 0 Å². The summed E-state index contributed by atoms with van der Waals surface area (Å²) in [6.45, 7) is 18.2. The maximum atomic E-state index is 5.46. The molecule has 10 rings (SSSR count). The first-order valence-electron chi connectivity index (χ1n) is 20.8. The molecule has 1 aliphatic rings. The van der Waals surface area contributed by atoms with E-state index in [0.29, 0.717) is 11.8 Å². The van der Waals surface area contributed by atoms with Crippen molar-refractivity contribution in [1.29, 1.82) is 0 Å². The molecule has 0 atom stereocenters. The van der Waals surface area contributed by atoms with Crippen molar-refractivity contribution in [3.05, 3.63) is 193 Å². The number of para-hydroxylation sites is 5. The Morgan fingerprint density at radius 2 is 1.10 bits per heavy atom. The van der Waals surface area contributed by atoms with Crippen molar-refractivity contribution in [1.82, 2.24) is 9.55 Å². The summed E-state index contributed by atoms with van der Waals surface area (Å²) in [5, 5.41) is 12.5. The number of fused-ring (bicyclic) bond motifs is 6. The SMILES string of the molecule is CC(C)c1cccc(C(C)C)c1N1[CH-]N(c2cc(C(C)(C)C)cc3c2c2ccccc2n3-c2ccccc2)N=C1c1ccccc1.[Au].c1ccc2c(c1)[n-]c1ccccc12. The molecule has 60 heavy (non-hydrogen) atoms. The predicted molar refractivity (Wildman–Crippen MR) is 251 cm³/mol. The van der Waals surface area contributed by atoms with E-state index >= 15 is 0 Å². The molecule has 0 fully saturated rings. The Morgan fingerprint density at radius 3 is 1.68 bits per heavy atom. The molecule has 0 aliphatic carbocycles. The van der Waals surface area contributed by atoms with Gasteiger partial charge in [0.2, 0.25) is 0 Å². The second-order valence-electron chi connectivity index (χ2n) is 17.2. The van der Waals surface area contributed by atoms with E-state index in [1.807, 2.05) is 12.1 Å². The number of anilines is 2. The van der Waals surface area contributed by atoms with Crippen molar-refractivity contribution in [3.63, 3.8) is 0 Å². The second-order valence-corrected chi connectivity index (χ2v) is 17.2. The Morgan fingerprint density at radius 1 is 0.567 bits per heavy atom. The molecule has 1 aliphatic heterocycles. The zero-order chi connectivity index (χ0) is 40.8. The minimum Gasteiger partial charge on any atom is -0.657 e. The van der Waals surface area contributed by atoms with Gasteiger partial charge in [-0.3, -0.25) is 0 Å². The number of aromatic nitrogens is 2. The van der Waals surface area contributed by atoms with Crippen molar-refractivity contribution < 1.29 is 22.4 Å². The first-order chi connectivity index (χ1) is 28.6. The molecule has 0 bridgehead atoms. The molecule has 5 nitrogen and oxygen atoms in total. The van der Waals surface area contributed by atoms with E-state index in [2.05, 4.69) is 226 Å². The number of hydrogen-bond donors (Lipinski definition) is 0. The predicted octanol–water partition coefficient (Wildman–Crippen LogP) is 14.1. The van der Waals surface area contributed by atoms with Gasteiger partial charge in [-0.05, 0) is 75.0 Å². The van der Waals surface area contributed by atoms with Gasteiger partial charge >= 0.3 is 0 Å². The molecule has 0 amide bonds. The average molecular weight is 967 g/mol. The third kappa shape index (κ3) is 7.47. The number of hydrazone groups is 1. The van der Waals surface area contributed by atoms with Crippen LogP contribution in [0.5, 0.6) is 0 Å². The minimum absolute atomic E-state index is 0. The van der Waals surface area contributed by atoms with Crippen molar-refractivity contribution in [3.8, 4) is 5.69 Å². The summed E-state index contributed by atoms with van der Waals surface area (Å²) in [7, 11) is 0. The van der Waals surface area contributed by atoms with Crippen molar-refractivity contribution in [2.45, 2.75) is 65.7 Å². The fraction of sp³-hybridized carbons (Fsp3) is 0.185. The molecule has 0 unspecified atom stereocenters. The van der Waals surface area contributed by atoms with Crippen LogP contribution in [0.1, 0.15) is 82.6 Å². The van der Waals surface area contributed by atoms with Gasteiger partial charge in [0.1, 0.15) is 5.84 Å². The Hall–Kier alpha value is -5.85. The zero-order valence-corrected chi connectivity index (χ0v) is 37.5. The van der Waals surface area contributed by atoms with Crippen molar-refractivity contribution in [2.75, 3.05) is 9.91 Å². The quantitative estimate of drug-likeness (QED) is 0.123. The second kappa shape index (κ2) is 16.7. The fourth-order valence-corrected chi connectivity index (χ4v) is 8.46. The van der Waals surface area contributed by atoms with Crippen molar-refractivity contribution in [2.24, 2.45) is 5.10 Å². The van der Waals surface area contributed by atoms with Gasteiger partial charge in [0.05, 0.1) is 11.0 Å². The first-order valence-corrected chi connectivity index (χ1v) is 20.8. The Balaban J connectivity index is 0.000000300. The molecule has 0 saturated heterocycles. The topological polar surface area (TPSA) is 37.9 Å². The van der Waals surface area contributed by atoms with E-state index < -0.39 is 0 Å². The van der Waals surface area contributed by atoms with Gasteiger partial charge < -0.3 is 19.5 Å². The van der Waals surface area contributed by atoms with E-state index in [1.165, 1.54) is 55.0 Å². The summed E-state index contributed by atoms with van der Waals surface area (Å²) < 4.78 is 2.41. The molecule has 0 saturated carbocycles. The van der Waals surface area contributed by atoms with Crippen molar-refractivity contribution >= 4 is 60.8 Å². The maximum absolute atomic E-state index is 5.46. The fourth-order valence-electron chi connectivity index (χ4n) is 8.46. The Bertz CT molecular complexity index is 2890. The van der Waals surface area contributed by atoms with Gasteiger partial charge in [0, 0.05) is 55.8 Å². The summed E-state index contributed by atoms with van der Waals surface area (Å²) in [6, 6.07) is 58.0. The van der Waals surface area contributed by atoms with Gasteiger partial charge in [-0.2, -0.15) is 5.10 Å². The summed E-state index contributed by atoms with van der Waals surface area (Å²) in [5.41, 5.74) is 12.9. The monoisotopic (exact) mass is 966 g/mol. The molecular weight excluding hydrogens is 916 g/mol. The molecule has 3 heterocycles. The van der Waals surface area contributed by atoms with Gasteiger partial charge in [-0.15, -0.1) is 17.7 Å². The van der Waals surface area contributed by atoms with Gasteiger partial charge in [-0.1, -0.05) is 182 Å². The Labute approximate surface area is 369 Å². The normalized spacial score (nSPS) is 13.1. The van der Waals surface area contributed by atoms with Gasteiger partial charge in [-0.25, -0.2) is 0 Å². The number of amidine groups is 1. The van der Waals surface area contributed by atoms with E-state index in [-0.39, 0.29) is 27.8 Å². The molecule has 0 N–H and O–H groups in total. The number of rotatable bonds is 6. The average Bonchev–Trinajstić information content (AvgIpc) is 3.96. The molecule has 0 spiro atoms. The molecular formula is C54H51AuN5-2. The molecule has 9 aromatic rings. The van der Waals surface area contributed by atoms with Crippen LogP contribution in [-0.4, -0.2) is 10.4 Å². The molecule has 2 aromatic heterocycles. The summed E-state index contributed by atoms with van der Waals surface area (Å²) in [6.07, 6.45) is 0. The van der Waals surface area contributed by atoms with Crippen LogP contribution < -0.4 is 14.9 Å². The molecule has 305 valence electrons. The standard InChI is InChI=1S/C42H43N4.C12H8N.Au/c1-28(2)33-22-16-23-34(29(3)4)40(33)44-27-45(43-41(44)30-17-10-8-11-18-30)37-25-31(42(5,6)7)26-38-39(37)35-21-14-15-24-36(35)46(38)32-19-12-9-13-20-32;1-3-7-11-9(5-1)10-6-2-4-8-12(10)13-11;/h8-29H,1-7H3;1-8H;/q2*-1;. The van der Waals surface area contributed by atoms with Crippen LogP contribution in [0.15, 0.2) is 169 Å².